The van der Waals surface area contributed by atoms with E-state index < -0.39 is 0 Å². The van der Waals surface area contributed by atoms with Gasteiger partial charge in [-0.15, -0.1) is 0 Å². The molecule has 0 unspecified atom stereocenters. The second kappa shape index (κ2) is 9.10. The molecule has 0 aliphatic heterocycles. The molecule has 3 aromatic carbocycles. The number of nitrogens with one attached hydrogen (secondary N) is 2. The number of halogens is 2. The van der Waals surface area contributed by atoms with E-state index >= 15 is 0 Å². The molecule has 0 aliphatic carbocycles. The molecule has 0 radical (unpaired) electrons. The largest absolute Gasteiger partial charge is 0.332 e. The predicted octanol–water partition coefficient (Wildman–Crippen LogP) is 5.46. The minimum Gasteiger partial charge on any atom is -0.332 e. The topological polar surface area (TPSA) is 58.2 Å². The first-order valence-electron chi connectivity index (χ1n) is 8.22. The third-order valence-electron chi connectivity index (χ3n) is 3.86. The van der Waals surface area contributed by atoms with E-state index in [0.717, 1.165) is 0 Å². The molecule has 3 aromatic rings. The van der Waals surface area contributed by atoms with Gasteiger partial charge in [-0.3, -0.25) is 14.9 Å². The van der Waals surface area contributed by atoms with Gasteiger partial charge in [-0.25, -0.2) is 0 Å². The van der Waals surface area contributed by atoms with Crippen molar-refractivity contribution < 1.29 is 9.59 Å². The molecular formula is C21H14BrClN2O2S. The Morgan fingerprint density at radius 1 is 0.893 bits per heavy atom. The van der Waals surface area contributed by atoms with E-state index in [0.29, 0.717) is 31.9 Å². The highest BCUT2D eigenvalue weighted by molar-refractivity contribution is 9.10. The van der Waals surface area contributed by atoms with Gasteiger partial charge in [0.25, 0.3) is 5.91 Å². The van der Waals surface area contributed by atoms with Gasteiger partial charge in [-0.05, 0) is 58.5 Å². The van der Waals surface area contributed by atoms with Crippen molar-refractivity contribution in [2.45, 2.75) is 0 Å². The van der Waals surface area contributed by atoms with E-state index in [1.54, 1.807) is 60.7 Å². The van der Waals surface area contributed by atoms with Crippen LogP contribution < -0.4 is 10.6 Å². The molecule has 1 amide bonds. The van der Waals surface area contributed by atoms with Crippen molar-refractivity contribution in [2.24, 2.45) is 0 Å². The van der Waals surface area contributed by atoms with Gasteiger partial charge in [-0.2, -0.15) is 0 Å². The van der Waals surface area contributed by atoms with Crippen LogP contribution >= 0.6 is 39.7 Å². The summed E-state index contributed by atoms with van der Waals surface area (Å²) in [5.74, 6) is -0.569. The number of anilines is 1. The summed E-state index contributed by atoms with van der Waals surface area (Å²) < 4.78 is 0.654. The van der Waals surface area contributed by atoms with Crippen LogP contribution in [0.15, 0.2) is 77.3 Å². The van der Waals surface area contributed by atoms with Crippen LogP contribution in [0.25, 0.3) is 0 Å². The lowest BCUT2D eigenvalue weighted by atomic mass is 10.0. The lowest BCUT2D eigenvalue weighted by molar-refractivity contribution is 0.0976. The van der Waals surface area contributed by atoms with E-state index in [1.807, 2.05) is 12.1 Å². The Hall–Kier alpha value is -2.54. The molecule has 140 valence electrons. The highest BCUT2D eigenvalue weighted by Gasteiger charge is 2.16. The first-order valence-corrected chi connectivity index (χ1v) is 9.80. The second-order valence-electron chi connectivity index (χ2n) is 5.77. The molecular weight excluding hydrogens is 460 g/mol. The summed E-state index contributed by atoms with van der Waals surface area (Å²) >= 11 is 14.7. The molecule has 0 bridgehead atoms. The van der Waals surface area contributed by atoms with E-state index in [4.69, 9.17) is 23.8 Å². The number of carbonyl (C=O) groups excluding carboxylic acids is 2. The molecule has 0 saturated carbocycles. The maximum Gasteiger partial charge on any atom is 0.258 e. The molecule has 7 heteroatoms. The highest BCUT2D eigenvalue weighted by atomic mass is 79.9. The zero-order valence-electron chi connectivity index (χ0n) is 14.4. The molecule has 0 atom stereocenters. The summed E-state index contributed by atoms with van der Waals surface area (Å²) in [4.78, 5) is 25.3. The van der Waals surface area contributed by atoms with Crippen LogP contribution in [-0.2, 0) is 0 Å². The standard InChI is InChI=1S/C21H14BrClN2O2S/c22-17-9-5-4-8-15(17)20(27)25-21(28)24-18-11-10-14(23)12-16(18)19(26)13-6-2-1-3-7-13/h1-12H,(H2,24,25,27,28). The van der Waals surface area contributed by atoms with Crippen molar-refractivity contribution in [3.05, 3.63) is 99.0 Å². The molecule has 2 N–H and O–H groups in total. The summed E-state index contributed by atoms with van der Waals surface area (Å²) in [7, 11) is 0. The van der Waals surface area contributed by atoms with Crippen LogP contribution in [0.3, 0.4) is 0 Å². The Morgan fingerprint density at radius 2 is 1.57 bits per heavy atom. The Morgan fingerprint density at radius 3 is 2.29 bits per heavy atom. The molecule has 0 fully saturated rings. The van der Waals surface area contributed by atoms with Crippen LogP contribution in [0.4, 0.5) is 5.69 Å². The van der Waals surface area contributed by atoms with Gasteiger partial charge in [0, 0.05) is 20.6 Å². The van der Waals surface area contributed by atoms with Crippen LogP contribution in [0.5, 0.6) is 0 Å². The highest BCUT2D eigenvalue weighted by Crippen LogP contribution is 2.24. The van der Waals surface area contributed by atoms with E-state index in [9.17, 15) is 9.59 Å². The lowest BCUT2D eigenvalue weighted by Gasteiger charge is -2.14. The maximum absolute atomic E-state index is 12.9. The third-order valence-corrected chi connectivity index (χ3v) is 4.99. The van der Waals surface area contributed by atoms with Crippen LogP contribution in [0, 0.1) is 0 Å². The number of ketones is 1. The van der Waals surface area contributed by atoms with Crippen LogP contribution in [0.1, 0.15) is 26.3 Å². The Bertz CT molecular complexity index is 1060. The maximum atomic E-state index is 12.9. The van der Waals surface area contributed by atoms with Crippen LogP contribution in [-0.4, -0.2) is 16.8 Å². The van der Waals surface area contributed by atoms with E-state index in [1.165, 1.54) is 0 Å². The van der Waals surface area contributed by atoms with Crippen molar-refractivity contribution in [1.82, 2.24) is 5.32 Å². The minimum absolute atomic E-state index is 0.0742. The molecule has 0 heterocycles. The van der Waals surface area contributed by atoms with Crippen molar-refractivity contribution in [3.8, 4) is 0 Å². The fourth-order valence-corrected chi connectivity index (χ4v) is 3.37. The summed E-state index contributed by atoms with van der Waals surface area (Å²) in [5.41, 5.74) is 1.78. The average molecular weight is 474 g/mol. The third kappa shape index (κ3) is 4.84. The smallest absolute Gasteiger partial charge is 0.258 e. The van der Waals surface area contributed by atoms with Crippen molar-refractivity contribution >= 4 is 62.2 Å². The number of hydrogen-bond donors (Lipinski definition) is 2. The SMILES string of the molecule is O=C(NC(=S)Nc1ccc(Cl)cc1C(=O)c1ccccc1)c1ccccc1Br. The molecule has 3 rings (SSSR count). The Balaban J connectivity index is 1.81. The fourth-order valence-electron chi connectivity index (χ4n) is 2.53. The van der Waals surface area contributed by atoms with Crippen molar-refractivity contribution in [1.29, 1.82) is 0 Å². The zero-order chi connectivity index (χ0) is 20.1. The summed E-state index contributed by atoms with van der Waals surface area (Å²) in [5, 5.41) is 6.02. The first kappa shape index (κ1) is 20.2. The van der Waals surface area contributed by atoms with Gasteiger partial charge in [0.1, 0.15) is 0 Å². The van der Waals surface area contributed by atoms with Gasteiger partial charge in [0.15, 0.2) is 10.9 Å². The van der Waals surface area contributed by atoms with Gasteiger partial charge in [0.05, 0.1) is 11.3 Å². The summed E-state index contributed by atoms with van der Waals surface area (Å²) in [6, 6.07) is 20.7. The fraction of sp³-hybridized carbons (Fsp3) is 0. The van der Waals surface area contributed by atoms with Crippen molar-refractivity contribution in [3.63, 3.8) is 0 Å². The van der Waals surface area contributed by atoms with Crippen LogP contribution in [0.2, 0.25) is 5.02 Å². The molecule has 0 aliphatic rings. The lowest BCUT2D eigenvalue weighted by Crippen LogP contribution is -2.34. The Labute approximate surface area is 181 Å². The number of hydrogen-bond acceptors (Lipinski definition) is 3. The number of benzene rings is 3. The van der Waals surface area contributed by atoms with Gasteiger partial charge >= 0.3 is 0 Å². The summed E-state index contributed by atoms with van der Waals surface area (Å²) in [6.45, 7) is 0. The Kier molecular flexibility index (Phi) is 6.57. The molecule has 4 nitrogen and oxygen atoms in total. The molecule has 0 saturated heterocycles. The summed E-state index contributed by atoms with van der Waals surface area (Å²) in [6.07, 6.45) is 0. The number of thiocarbonyl (C=S) groups is 1. The van der Waals surface area contributed by atoms with Gasteiger partial charge < -0.3 is 5.32 Å². The number of rotatable bonds is 4. The monoisotopic (exact) mass is 472 g/mol. The number of carbonyl (C=O) groups is 2. The normalized spacial score (nSPS) is 10.2. The second-order valence-corrected chi connectivity index (χ2v) is 7.47. The minimum atomic E-state index is -0.366. The molecule has 0 aromatic heterocycles. The number of amides is 1. The van der Waals surface area contributed by atoms with Gasteiger partial charge in [-0.1, -0.05) is 54.1 Å². The van der Waals surface area contributed by atoms with E-state index in [-0.39, 0.29) is 16.8 Å². The first-order chi connectivity index (χ1) is 13.5. The van der Waals surface area contributed by atoms with Gasteiger partial charge in [0.2, 0.25) is 0 Å². The zero-order valence-corrected chi connectivity index (χ0v) is 17.6. The quantitative estimate of drug-likeness (QED) is 0.390. The van der Waals surface area contributed by atoms with Crippen molar-refractivity contribution in [2.75, 3.05) is 5.32 Å². The average Bonchev–Trinajstić information content (AvgIpc) is 2.69. The predicted molar refractivity (Wildman–Crippen MR) is 119 cm³/mol. The molecule has 28 heavy (non-hydrogen) atoms. The molecule has 0 spiro atoms. The van der Waals surface area contributed by atoms with E-state index in [2.05, 4.69) is 26.6 Å².